The van der Waals surface area contributed by atoms with Crippen LogP contribution < -0.4 is 4.90 Å². The minimum absolute atomic E-state index is 0.0739. The van der Waals surface area contributed by atoms with Gasteiger partial charge in [0, 0.05) is 53.4 Å². The van der Waals surface area contributed by atoms with Gasteiger partial charge in [0.1, 0.15) is 11.2 Å². The molecule has 46 heavy (non-hydrogen) atoms. The molecule has 1 aliphatic rings. The highest BCUT2D eigenvalue weighted by atomic mass is 32.1. The fourth-order valence-corrected chi connectivity index (χ4v) is 8.85. The van der Waals surface area contributed by atoms with Gasteiger partial charge in [-0.05, 0) is 99.8 Å². The Kier molecular flexibility index (Phi) is 5.25. The van der Waals surface area contributed by atoms with Crippen molar-refractivity contribution in [2.45, 2.75) is 19.3 Å². The number of rotatable bonds is 3. The normalized spacial score (nSPS) is 13.6. The molecule has 0 amide bonds. The maximum Gasteiger partial charge on any atom is 0.144 e. The molecule has 0 aliphatic heterocycles. The Bertz CT molecular complexity index is 2680. The van der Waals surface area contributed by atoms with Gasteiger partial charge in [-0.15, -0.1) is 11.3 Å². The molecule has 0 saturated heterocycles. The van der Waals surface area contributed by atoms with Crippen molar-refractivity contribution in [2.24, 2.45) is 0 Å². The number of nitrogens with zero attached hydrogens (tertiary/aromatic N) is 1. The van der Waals surface area contributed by atoms with Crippen LogP contribution in [-0.2, 0) is 5.41 Å². The summed E-state index contributed by atoms with van der Waals surface area (Å²) in [6.45, 7) is 4.69. The van der Waals surface area contributed by atoms with Crippen molar-refractivity contribution >= 4 is 81.3 Å². The summed E-state index contributed by atoms with van der Waals surface area (Å²) in [5.41, 5.74) is 10.7. The predicted octanol–water partition coefficient (Wildman–Crippen LogP) is 12.9. The van der Waals surface area contributed by atoms with Crippen molar-refractivity contribution < 1.29 is 4.42 Å². The lowest BCUT2D eigenvalue weighted by molar-refractivity contribution is 0.660. The maximum atomic E-state index is 6.71. The first-order valence-electron chi connectivity index (χ1n) is 15.8. The summed E-state index contributed by atoms with van der Waals surface area (Å²) < 4.78 is 9.21. The Labute approximate surface area is 270 Å². The molecule has 3 heteroatoms. The van der Waals surface area contributed by atoms with E-state index in [0.717, 1.165) is 28.2 Å². The molecule has 218 valence electrons. The number of anilines is 3. The van der Waals surface area contributed by atoms with Gasteiger partial charge in [-0.25, -0.2) is 0 Å². The molecule has 0 fully saturated rings. The van der Waals surface area contributed by atoms with Crippen molar-refractivity contribution in [1.82, 2.24) is 0 Å². The van der Waals surface area contributed by atoms with Crippen molar-refractivity contribution in [3.63, 3.8) is 0 Å². The van der Waals surface area contributed by atoms with E-state index in [1.165, 1.54) is 64.0 Å². The van der Waals surface area contributed by atoms with Gasteiger partial charge in [-0.3, -0.25) is 0 Å². The molecule has 2 nitrogen and oxygen atoms in total. The summed E-state index contributed by atoms with van der Waals surface area (Å²) in [4.78, 5) is 2.40. The second-order valence-corrected chi connectivity index (χ2v) is 14.1. The molecule has 7 aromatic carbocycles. The molecule has 10 rings (SSSR count). The third-order valence-corrected chi connectivity index (χ3v) is 11.2. The van der Waals surface area contributed by atoms with Crippen LogP contribution in [0.3, 0.4) is 0 Å². The number of hydrogen-bond donors (Lipinski definition) is 0. The van der Waals surface area contributed by atoms with Gasteiger partial charge in [0.05, 0.1) is 0 Å². The van der Waals surface area contributed by atoms with E-state index in [4.69, 9.17) is 4.42 Å². The minimum atomic E-state index is -0.0739. The predicted molar refractivity (Wildman–Crippen MR) is 196 cm³/mol. The zero-order valence-corrected chi connectivity index (χ0v) is 26.4. The Balaban J connectivity index is 1.20. The first-order chi connectivity index (χ1) is 22.5. The van der Waals surface area contributed by atoms with Crippen LogP contribution in [0.2, 0.25) is 0 Å². The van der Waals surface area contributed by atoms with E-state index in [2.05, 4.69) is 158 Å². The van der Waals surface area contributed by atoms with E-state index >= 15 is 0 Å². The van der Waals surface area contributed by atoms with Gasteiger partial charge in [-0.1, -0.05) is 86.6 Å². The summed E-state index contributed by atoms with van der Waals surface area (Å²) in [7, 11) is 0. The largest absolute Gasteiger partial charge is 0.455 e. The highest BCUT2D eigenvalue weighted by molar-refractivity contribution is 7.26. The molecule has 2 aromatic heterocycles. The quantitative estimate of drug-likeness (QED) is 0.199. The van der Waals surface area contributed by atoms with Gasteiger partial charge < -0.3 is 9.32 Å². The smallest absolute Gasteiger partial charge is 0.144 e. The highest BCUT2D eigenvalue weighted by Gasteiger charge is 2.35. The lowest BCUT2D eigenvalue weighted by Gasteiger charge is -2.28. The molecule has 2 heterocycles. The Morgan fingerprint density at radius 1 is 0.522 bits per heavy atom. The standard InChI is InChI=1S/C43H29NOS/c1-43(2)36-15-9-8-14-31(36)32-18-16-30(25-37(32)43)44(28-12-4-3-5-13-28)29-17-20-39-35(24-29)41-40(46-39)21-19-33-34-22-26-10-6-7-11-27(26)23-38(34)45-42(33)41/h3-25H,1-2H3. The van der Waals surface area contributed by atoms with Crippen LogP contribution in [0.1, 0.15) is 25.0 Å². The van der Waals surface area contributed by atoms with E-state index < -0.39 is 0 Å². The third kappa shape index (κ3) is 3.58. The van der Waals surface area contributed by atoms with Crippen LogP contribution in [0.5, 0.6) is 0 Å². The fourth-order valence-electron chi connectivity index (χ4n) is 7.76. The molecule has 0 atom stereocenters. The summed E-state index contributed by atoms with van der Waals surface area (Å²) in [6, 6.07) is 50.9. The number of benzene rings is 7. The molecule has 0 N–H and O–H groups in total. The minimum Gasteiger partial charge on any atom is -0.455 e. The first-order valence-corrected chi connectivity index (χ1v) is 16.7. The van der Waals surface area contributed by atoms with Gasteiger partial charge in [0.25, 0.3) is 0 Å². The third-order valence-electron chi connectivity index (χ3n) is 10.0. The van der Waals surface area contributed by atoms with Gasteiger partial charge in [-0.2, -0.15) is 0 Å². The van der Waals surface area contributed by atoms with Crippen LogP contribution in [0.15, 0.2) is 144 Å². The number of thiophene rings is 1. The van der Waals surface area contributed by atoms with E-state index in [-0.39, 0.29) is 5.41 Å². The van der Waals surface area contributed by atoms with Crippen LogP contribution in [0, 0.1) is 0 Å². The van der Waals surface area contributed by atoms with Crippen LogP contribution in [0.4, 0.5) is 17.1 Å². The topological polar surface area (TPSA) is 16.4 Å². The zero-order valence-electron chi connectivity index (χ0n) is 25.5. The molecule has 0 saturated carbocycles. The Morgan fingerprint density at radius 2 is 1.22 bits per heavy atom. The maximum absolute atomic E-state index is 6.71. The number of furan rings is 1. The van der Waals surface area contributed by atoms with Crippen molar-refractivity contribution in [3.8, 4) is 11.1 Å². The van der Waals surface area contributed by atoms with Gasteiger partial charge in [0.2, 0.25) is 0 Å². The highest BCUT2D eigenvalue weighted by Crippen LogP contribution is 2.51. The first kappa shape index (κ1) is 25.9. The number of hydrogen-bond acceptors (Lipinski definition) is 3. The SMILES string of the molecule is CC1(C)c2ccccc2-c2ccc(N(c3ccccc3)c3ccc4sc5ccc6c7cc8ccccc8cc7oc6c5c4c3)cc21. The van der Waals surface area contributed by atoms with Crippen molar-refractivity contribution in [1.29, 1.82) is 0 Å². The van der Waals surface area contributed by atoms with Crippen LogP contribution in [-0.4, -0.2) is 0 Å². The average Bonchev–Trinajstić information content (AvgIpc) is 3.71. The molecule has 9 aromatic rings. The van der Waals surface area contributed by atoms with E-state index in [9.17, 15) is 0 Å². The zero-order chi connectivity index (χ0) is 30.6. The fraction of sp³-hybridized carbons (Fsp3) is 0.0698. The number of fused-ring (bicyclic) bond motifs is 11. The number of para-hydroxylation sites is 1. The van der Waals surface area contributed by atoms with E-state index in [1.54, 1.807) is 0 Å². The Hall–Kier alpha value is -5.38. The van der Waals surface area contributed by atoms with Gasteiger partial charge in [0.15, 0.2) is 0 Å². The molecule has 0 bridgehead atoms. The van der Waals surface area contributed by atoms with Crippen molar-refractivity contribution in [3.05, 3.63) is 151 Å². The molecular weight excluding hydrogens is 579 g/mol. The summed E-state index contributed by atoms with van der Waals surface area (Å²) in [5.74, 6) is 0. The molecule has 0 radical (unpaired) electrons. The second kappa shape index (κ2) is 9.32. The monoisotopic (exact) mass is 607 g/mol. The van der Waals surface area contributed by atoms with Crippen LogP contribution in [0.25, 0.3) is 64.0 Å². The van der Waals surface area contributed by atoms with Crippen molar-refractivity contribution in [2.75, 3.05) is 4.90 Å². The van der Waals surface area contributed by atoms with E-state index in [1.807, 2.05) is 11.3 Å². The molecular formula is C43H29NOS. The average molecular weight is 608 g/mol. The Morgan fingerprint density at radius 3 is 2.09 bits per heavy atom. The lowest BCUT2D eigenvalue weighted by Crippen LogP contribution is -2.16. The summed E-state index contributed by atoms with van der Waals surface area (Å²) in [5, 5.41) is 7.17. The summed E-state index contributed by atoms with van der Waals surface area (Å²) >= 11 is 1.83. The molecule has 1 aliphatic carbocycles. The van der Waals surface area contributed by atoms with Gasteiger partial charge >= 0.3 is 0 Å². The summed E-state index contributed by atoms with van der Waals surface area (Å²) in [6.07, 6.45) is 0. The molecule has 0 spiro atoms. The van der Waals surface area contributed by atoms with Crippen LogP contribution >= 0.6 is 11.3 Å². The van der Waals surface area contributed by atoms with E-state index in [0.29, 0.717) is 0 Å². The lowest BCUT2D eigenvalue weighted by atomic mass is 9.82. The molecule has 0 unspecified atom stereocenters. The second-order valence-electron chi connectivity index (χ2n) is 13.0.